The van der Waals surface area contributed by atoms with E-state index in [4.69, 9.17) is 25.6 Å². The van der Waals surface area contributed by atoms with Crippen molar-refractivity contribution in [2.75, 3.05) is 51.3 Å². The van der Waals surface area contributed by atoms with Gasteiger partial charge in [-0.05, 0) is 81.3 Å². The van der Waals surface area contributed by atoms with Gasteiger partial charge >= 0.3 is 6.01 Å². The maximum Gasteiger partial charge on any atom is 0.322 e. The van der Waals surface area contributed by atoms with Crippen LogP contribution in [-0.2, 0) is 4.79 Å². The van der Waals surface area contributed by atoms with Crippen molar-refractivity contribution < 1.29 is 28.5 Å². The van der Waals surface area contributed by atoms with Crippen LogP contribution in [0, 0.1) is 18.2 Å². The largest absolute Gasteiger partial charge is 0.508 e. The van der Waals surface area contributed by atoms with E-state index in [2.05, 4.69) is 22.4 Å². The molecule has 1 unspecified atom stereocenters. The van der Waals surface area contributed by atoms with Crippen LogP contribution in [0.5, 0.6) is 23.4 Å². The van der Waals surface area contributed by atoms with Crippen LogP contribution in [0.15, 0.2) is 36.9 Å². The van der Waals surface area contributed by atoms with Gasteiger partial charge in [0.25, 0.3) is 5.88 Å². The van der Waals surface area contributed by atoms with Gasteiger partial charge in [-0.25, -0.2) is 4.39 Å². The molecule has 0 aliphatic carbocycles. The summed E-state index contributed by atoms with van der Waals surface area (Å²) in [5, 5.41) is 11.6. The van der Waals surface area contributed by atoms with Crippen molar-refractivity contribution >= 4 is 22.5 Å². The lowest BCUT2D eigenvalue weighted by Gasteiger charge is -2.33. The van der Waals surface area contributed by atoms with Gasteiger partial charge < -0.3 is 29.1 Å². The van der Waals surface area contributed by atoms with Gasteiger partial charge in [0.05, 0.1) is 11.1 Å². The highest BCUT2D eigenvalue weighted by molar-refractivity contribution is 5.93. The average Bonchev–Trinajstić information content (AvgIpc) is 3.79. The van der Waals surface area contributed by atoms with E-state index in [1.807, 2.05) is 16.8 Å². The predicted molar refractivity (Wildman–Crippen MR) is 171 cm³/mol. The Kier molecular flexibility index (Phi) is 7.85. The summed E-state index contributed by atoms with van der Waals surface area (Å²) in [5.41, 5.74) is 0.554. The molecule has 2 aromatic carbocycles. The minimum atomic E-state index is -0.758. The molecule has 3 fully saturated rings. The molecule has 11 heteroatoms. The Labute approximate surface area is 267 Å². The molecule has 1 aromatic heterocycles. The van der Waals surface area contributed by atoms with Gasteiger partial charge in [-0.2, -0.15) is 9.97 Å². The van der Waals surface area contributed by atoms with Gasteiger partial charge in [0.15, 0.2) is 11.9 Å². The lowest BCUT2D eigenvalue weighted by atomic mass is 9.95. The van der Waals surface area contributed by atoms with E-state index in [0.29, 0.717) is 47.6 Å². The number of hydrogen-bond acceptors (Lipinski definition) is 9. The molecule has 0 bridgehead atoms. The number of nitrogens with zero attached hydrogens (tertiary/aromatic N) is 5. The normalized spacial score (nSPS) is 21.6. The lowest BCUT2D eigenvalue weighted by Crippen LogP contribution is -2.43. The number of likely N-dealkylation sites (N-methyl/N-ethyl adjacent to an activating group) is 1. The minimum Gasteiger partial charge on any atom is -0.508 e. The van der Waals surface area contributed by atoms with Gasteiger partial charge in [0.2, 0.25) is 11.7 Å². The third kappa shape index (κ3) is 5.24. The van der Waals surface area contributed by atoms with Crippen molar-refractivity contribution in [3.05, 3.63) is 53.9 Å². The molecule has 7 rings (SSSR count). The molecular weight excluding hydrogens is 589 g/mol. The number of fused-ring (bicyclic) bond motifs is 3. The van der Waals surface area contributed by atoms with Crippen molar-refractivity contribution in [2.24, 2.45) is 0 Å². The molecule has 4 aliphatic heterocycles. The summed E-state index contributed by atoms with van der Waals surface area (Å²) < 4.78 is 34.0. The second-order valence-electron chi connectivity index (χ2n) is 12.7. The van der Waals surface area contributed by atoms with Gasteiger partial charge in [0.1, 0.15) is 24.8 Å². The number of benzene rings is 2. The molecule has 0 saturated carbocycles. The molecule has 240 valence electrons. The third-order valence-corrected chi connectivity index (χ3v) is 9.96. The Hall–Kier alpha value is -4.56. The summed E-state index contributed by atoms with van der Waals surface area (Å²) in [5.74, 6) is 2.83. The summed E-state index contributed by atoms with van der Waals surface area (Å²) in [6.07, 6.45) is 12.5. The second kappa shape index (κ2) is 12.0. The van der Waals surface area contributed by atoms with E-state index < -0.39 is 11.9 Å². The number of aromatic hydroxyl groups is 1. The molecule has 10 nitrogen and oxygen atoms in total. The Morgan fingerprint density at radius 2 is 2.07 bits per heavy atom. The number of carbonyl (C=O) groups is 1. The monoisotopic (exact) mass is 627 g/mol. The number of terminal acetylenes is 1. The molecule has 3 saturated heterocycles. The minimum absolute atomic E-state index is 0.00858. The van der Waals surface area contributed by atoms with Gasteiger partial charge in [0, 0.05) is 37.1 Å². The highest BCUT2D eigenvalue weighted by Crippen LogP contribution is 2.45. The van der Waals surface area contributed by atoms with Gasteiger partial charge in [-0.15, -0.1) is 6.42 Å². The van der Waals surface area contributed by atoms with Crippen LogP contribution in [0.3, 0.4) is 0 Å². The maximum absolute atomic E-state index is 14.8. The number of rotatable bonds is 8. The maximum atomic E-state index is 14.8. The molecule has 2 atom stereocenters. The number of phenols is 1. The zero-order chi connectivity index (χ0) is 32.0. The Balaban J connectivity index is 1.24. The number of amides is 1. The quantitative estimate of drug-likeness (QED) is 0.284. The number of aromatic nitrogens is 2. The SMILES string of the molecule is C#Cc1c(F)ccc2cc(O)cc(C3COc4c(nc(OCC56CCCN5CCC6)nc4N(C)C[C@@H]4CCCN4C(=O)C=C)O3)c12. The Bertz CT molecular complexity index is 1730. The first-order valence-corrected chi connectivity index (χ1v) is 16.0. The van der Waals surface area contributed by atoms with Crippen LogP contribution in [0.2, 0.25) is 0 Å². The summed E-state index contributed by atoms with van der Waals surface area (Å²) in [6.45, 7) is 7.50. The Morgan fingerprint density at radius 3 is 2.83 bits per heavy atom. The average molecular weight is 628 g/mol. The fourth-order valence-corrected chi connectivity index (χ4v) is 7.76. The van der Waals surface area contributed by atoms with Crippen LogP contribution in [0.25, 0.3) is 10.8 Å². The van der Waals surface area contributed by atoms with E-state index in [1.54, 1.807) is 6.07 Å². The van der Waals surface area contributed by atoms with E-state index in [-0.39, 0.29) is 47.3 Å². The summed E-state index contributed by atoms with van der Waals surface area (Å²) in [6, 6.07) is 6.06. The number of ether oxygens (including phenoxy) is 3. The van der Waals surface area contributed by atoms with E-state index in [1.165, 1.54) is 24.3 Å². The third-order valence-electron chi connectivity index (χ3n) is 9.96. The van der Waals surface area contributed by atoms with Crippen LogP contribution >= 0.6 is 0 Å². The molecule has 0 radical (unpaired) electrons. The van der Waals surface area contributed by atoms with Gasteiger partial charge in [-0.3, -0.25) is 9.69 Å². The Morgan fingerprint density at radius 1 is 1.26 bits per heavy atom. The number of hydrogen-bond donors (Lipinski definition) is 1. The van der Waals surface area contributed by atoms with Crippen molar-refractivity contribution in [2.45, 2.75) is 56.2 Å². The number of carbonyl (C=O) groups excluding carboxylic acids is 1. The molecule has 1 N–H and O–H groups in total. The number of likely N-dealkylation sites (tertiary alicyclic amines) is 1. The van der Waals surface area contributed by atoms with Crippen molar-refractivity contribution in [1.82, 2.24) is 19.8 Å². The zero-order valence-electron chi connectivity index (χ0n) is 26.0. The summed E-state index contributed by atoms with van der Waals surface area (Å²) >= 11 is 0. The molecule has 0 spiro atoms. The fourth-order valence-electron chi connectivity index (χ4n) is 7.76. The van der Waals surface area contributed by atoms with Crippen LogP contribution in [0.4, 0.5) is 10.2 Å². The van der Waals surface area contributed by atoms with E-state index >= 15 is 0 Å². The number of anilines is 1. The highest BCUT2D eigenvalue weighted by atomic mass is 19.1. The smallest absolute Gasteiger partial charge is 0.322 e. The first-order chi connectivity index (χ1) is 22.3. The highest BCUT2D eigenvalue weighted by Gasteiger charge is 2.45. The number of halogens is 1. The molecule has 1 amide bonds. The fraction of sp³-hybridized carbons (Fsp3) is 0.457. The standard InChI is InChI=1S/C35H38FN5O5/c1-4-25-27(36)11-10-22-17-24(42)18-26(30(22)25)28-20-44-31-32(39(3)19-23-9-6-16-41(23)29(43)5-2)37-34(38-33(31)46-28)45-21-35-12-7-14-40(35)15-8-13-35/h1,5,10-11,17-18,23,28,42H,2,6-9,12-16,19-21H2,3H3/t23-,28?/m0/s1. The van der Waals surface area contributed by atoms with Gasteiger partial charge in [-0.1, -0.05) is 18.6 Å². The van der Waals surface area contributed by atoms with Crippen LogP contribution in [-0.4, -0.2) is 88.8 Å². The molecule has 4 aliphatic rings. The first-order valence-electron chi connectivity index (χ1n) is 16.0. The van der Waals surface area contributed by atoms with Crippen molar-refractivity contribution in [3.8, 4) is 35.7 Å². The predicted octanol–water partition coefficient (Wildman–Crippen LogP) is 4.59. The first kappa shape index (κ1) is 30.1. The van der Waals surface area contributed by atoms with Crippen LogP contribution < -0.4 is 19.1 Å². The summed E-state index contributed by atoms with van der Waals surface area (Å²) in [7, 11) is 1.90. The molecule has 46 heavy (non-hydrogen) atoms. The number of phenolic OH excluding ortho intramolecular Hbond substituents is 1. The molecule has 5 heterocycles. The van der Waals surface area contributed by atoms with E-state index in [9.17, 15) is 14.3 Å². The topological polar surface area (TPSA) is 100 Å². The molecule has 3 aromatic rings. The lowest BCUT2D eigenvalue weighted by molar-refractivity contribution is -0.126. The molecular formula is C35H38FN5O5. The van der Waals surface area contributed by atoms with Crippen molar-refractivity contribution in [3.63, 3.8) is 0 Å². The van der Waals surface area contributed by atoms with Crippen molar-refractivity contribution in [1.29, 1.82) is 0 Å². The zero-order valence-corrected chi connectivity index (χ0v) is 26.0. The van der Waals surface area contributed by atoms with E-state index in [0.717, 1.165) is 51.6 Å². The second-order valence-corrected chi connectivity index (χ2v) is 12.7. The summed E-state index contributed by atoms with van der Waals surface area (Å²) in [4.78, 5) is 28.3. The van der Waals surface area contributed by atoms with Crippen LogP contribution in [0.1, 0.15) is 55.8 Å².